The van der Waals surface area contributed by atoms with Gasteiger partial charge in [-0.2, -0.15) is 0 Å². The molecule has 92 valence electrons. The van der Waals surface area contributed by atoms with Crippen LogP contribution >= 0.6 is 0 Å². The quantitative estimate of drug-likeness (QED) is 0.561. The van der Waals surface area contributed by atoms with Gasteiger partial charge < -0.3 is 0 Å². The Morgan fingerprint density at radius 2 is 2.00 bits per heavy atom. The summed E-state index contributed by atoms with van der Waals surface area (Å²) in [7, 11) is 0. The first-order valence-corrected chi connectivity index (χ1v) is 6.59. The van der Waals surface area contributed by atoms with Crippen LogP contribution in [0, 0.1) is 13.8 Å². The highest BCUT2D eigenvalue weighted by atomic mass is 14.7. The summed E-state index contributed by atoms with van der Waals surface area (Å²) in [6, 6.07) is 6.46. The van der Waals surface area contributed by atoms with Gasteiger partial charge in [-0.15, -0.1) is 0 Å². The minimum Gasteiger partial charge on any atom is -0.255 e. The van der Waals surface area contributed by atoms with Gasteiger partial charge in [0.05, 0.1) is 16.7 Å². The van der Waals surface area contributed by atoms with Gasteiger partial charge in [0.1, 0.15) is 0 Å². The van der Waals surface area contributed by atoms with Gasteiger partial charge in [0.2, 0.25) is 0 Å². The Morgan fingerprint density at radius 3 is 2.89 bits per heavy atom. The topological polar surface area (TPSA) is 25.8 Å². The fourth-order valence-electron chi connectivity index (χ4n) is 3.05. The monoisotopic (exact) mass is 246 g/mol. The van der Waals surface area contributed by atoms with Crippen molar-refractivity contribution in [3.8, 4) is 0 Å². The van der Waals surface area contributed by atoms with Crippen molar-refractivity contribution in [1.82, 2.24) is 9.97 Å². The molecule has 0 bridgehead atoms. The van der Waals surface area contributed by atoms with Crippen LogP contribution < -0.4 is 0 Å². The van der Waals surface area contributed by atoms with Gasteiger partial charge in [0, 0.05) is 23.4 Å². The van der Waals surface area contributed by atoms with E-state index in [-0.39, 0.29) is 0 Å². The molecule has 0 fully saturated rings. The Bertz CT molecular complexity index is 860. The second-order valence-electron chi connectivity index (χ2n) is 5.27. The molecule has 1 aromatic carbocycles. The van der Waals surface area contributed by atoms with E-state index in [9.17, 15) is 0 Å². The van der Waals surface area contributed by atoms with Crippen molar-refractivity contribution < 1.29 is 0 Å². The zero-order valence-corrected chi connectivity index (χ0v) is 11.1. The lowest BCUT2D eigenvalue weighted by molar-refractivity contribution is 1.15. The summed E-state index contributed by atoms with van der Waals surface area (Å²) < 4.78 is 0. The summed E-state index contributed by atoms with van der Waals surface area (Å²) in [4.78, 5) is 9.50. The normalized spacial score (nSPS) is 13.4. The third-order valence-corrected chi connectivity index (χ3v) is 3.83. The first-order valence-electron chi connectivity index (χ1n) is 6.59. The fourth-order valence-corrected chi connectivity index (χ4v) is 3.05. The van der Waals surface area contributed by atoms with Gasteiger partial charge in [0.25, 0.3) is 0 Å². The second-order valence-corrected chi connectivity index (χ2v) is 5.27. The highest BCUT2D eigenvalue weighted by molar-refractivity contribution is 6.08. The molecule has 0 spiro atoms. The molecule has 2 nitrogen and oxygen atoms in total. The van der Waals surface area contributed by atoms with E-state index in [1.165, 1.54) is 27.5 Å². The van der Waals surface area contributed by atoms with Crippen molar-refractivity contribution in [2.45, 2.75) is 20.3 Å². The van der Waals surface area contributed by atoms with Crippen molar-refractivity contribution >= 4 is 27.9 Å². The van der Waals surface area contributed by atoms with Crippen molar-refractivity contribution in [3.05, 3.63) is 52.9 Å². The molecular formula is C17H14N2. The predicted octanol–water partition coefficient (Wildman–Crippen LogP) is 3.97. The fraction of sp³-hybridized carbons (Fsp3) is 0.176. The van der Waals surface area contributed by atoms with E-state index >= 15 is 0 Å². The SMILES string of the molecule is Cc1cc(C)c2nc3c4c(ccnc4c2c1)C=CC3. The summed E-state index contributed by atoms with van der Waals surface area (Å²) in [6.07, 6.45) is 7.15. The van der Waals surface area contributed by atoms with Gasteiger partial charge in [0.15, 0.2) is 0 Å². The van der Waals surface area contributed by atoms with Crippen LogP contribution in [0.3, 0.4) is 0 Å². The molecule has 0 atom stereocenters. The van der Waals surface area contributed by atoms with E-state index in [1.54, 1.807) is 0 Å². The molecule has 0 saturated carbocycles. The predicted molar refractivity (Wildman–Crippen MR) is 79.3 cm³/mol. The number of rotatable bonds is 0. The summed E-state index contributed by atoms with van der Waals surface area (Å²) in [5.74, 6) is 0. The molecule has 2 aromatic heterocycles. The number of nitrogens with zero attached hydrogens (tertiary/aromatic N) is 2. The molecule has 1 aliphatic carbocycles. The van der Waals surface area contributed by atoms with Crippen LogP contribution in [0.4, 0.5) is 0 Å². The second kappa shape index (κ2) is 3.64. The van der Waals surface area contributed by atoms with Crippen molar-refractivity contribution in [1.29, 1.82) is 0 Å². The van der Waals surface area contributed by atoms with Crippen LogP contribution in [-0.2, 0) is 6.42 Å². The number of allylic oxidation sites excluding steroid dienone is 1. The third-order valence-electron chi connectivity index (χ3n) is 3.83. The molecule has 0 saturated heterocycles. The Balaban J connectivity index is 2.32. The number of benzene rings is 1. The summed E-state index contributed by atoms with van der Waals surface area (Å²) >= 11 is 0. The van der Waals surface area contributed by atoms with E-state index in [4.69, 9.17) is 4.98 Å². The lowest BCUT2D eigenvalue weighted by Gasteiger charge is -2.14. The number of hydrogen-bond donors (Lipinski definition) is 0. The molecule has 0 radical (unpaired) electrons. The lowest BCUT2D eigenvalue weighted by atomic mass is 9.96. The number of pyridine rings is 2. The molecule has 4 rings (SSSR count). The standard InChI is InChI=1S/C17H14N2/c1-10-8-11(2)16-13(9-10)17-15-12(6-7-18-17)4-3-5-14(15)19-16/h3-4,6-9H,5H2,1-2H3. The maximum Gasteiger partial charge on any atom is 0.0820 e. The third kappa shape index (κ3) is 1.43. The van der Waals surface area contributed by atoms with Gasteiger partial charge >= 0.3 is 0 Å². The molecule has 3 aromatic rings. The first kappa shape index (κ1) is 10.7. The Morgan fingerprint density at radius 1 is 1.11 bits per heavy atom. The Hall–Kier alpha value is -2.22. The van der Waals surface area contributed by atoms with Crippen molar-refractivity contribution in [2.75, 3.05) is 0 Å². The van der Waals surface area contributed by atoms with Crippen LogP contribution in [0.15, 0.2) is 30.5 Å². The molecular weight excluding hydrogens is 232 g/mol. The molecule has 19 heavy (non-hydrogen) atoms. The maximum absolute atomic E-state index is 4.88. The van der Waals surface area contributed by atoms with E-state index in [0.29, 0.717) is 0 Å². The van der Waals surface area contributed by atoms with Crippen molar-refractivity contribution in [3.63, 3.8) is 0 Å². The van der Waals surface area contributed by atoms with Crippen LogP contribution in [0.1, 0.15) is 22.4 Å². The average molecular weight is 246 g/mol. The van der Waals surface area contributed by atoms with Crippen LogP contribution in [0.5, 0.6) is 0 Å². The van der Waals surface area contributed by atoms with Crippen LogP contribution in [0.2, 0.25) is 0 Å². The molecule has 1 aliphatic rings. The molecule has 2 heteroatoms. The highest BCUT2D eigenvalue weighted by Gasteiger charge is 2.15. The lowest BCUT2D eigenvalue weighted by Crippen LogP contribution is -2.00. The van der Waals surface area contributed by atoms with Gasteiger partial charge in [-0.25, -0.2) is 0 Å². The number of fused-ring (bicyclic) bond motifs is 2. The summed E-state index contributed by atoms with van der Waals surface area (Å²) in [5, 5.41) is 2.40. The van der Waals surface area contributed by atoms with E-state index in [0.717, 1.165) is 23.1 Å². The summed E-state index contributed by atoms with van der Waals surface area (Å²) in [5.41, 5.74) is 7.07. The zero-order chi connectivity index (χ0) is 13.0. The summed E-state index contributed by atoms with van der Waals surface area (Å²) in [6.45, 7) is 4.26. The molecule has 2 heterocycles. The highest BCUT2D eigenvalue weighted by Crippen LogP contribution is 2.32. The number of aryl methyl sites for hydroxylation is 2. The minimum absolute atomic E-state index is 0.901. The smallest absolute Gasteiger partial charge is 0.0820 e. The van der Waals surface area contributed by atoms with Crippen molar-refractivity contribution in [2.24, 2.45) is 0 Å². The van der Waals surface area contributed by atoms with Gasteiger partial charge in [-0.3, -0.25) is 9.97 Å². The molecule has 0 aliphatic heterocycles. The van der Waals surface area contributed by atoms with Crippen LogP contribution in [0.25, 0.3) is 27.9 Å². The minimum atomic E-state index is 0.901. The van der Waals surface area contributed by atoms with Crippen LogP contribution in [-0.4, -0.2) is 9.97 Å². The van der Waals surface area contributed by atoms with E-state index < -0.39 is 0 Å². The van der Waals surface area contributed by atoms with Gasteiger partial charge in [-0.1, -0.05) is 23.8 Å². The molecule has 0 unspecified atom stereocenters. The van der Waals surface area contributed by atoms with E-state index in [1.807, 2.05) is 6.20 Å². The first-order chi connectivity index (χ1) is 9.24. The zero-order valence-electron chi connectivity index (χ0n) is 11.1. The Labute approximate surface area is 111 Å². The number of aromatic nitrogens is 2. The molecule has 0 amide bonds. The van der Waals surface area contributed by atoms with E-state index in [2.05, 4.69) is 49.2 Å². The van der Waals surface area contributed by atoms with Gasteiger partial charge in [-0.05, 0) is 37.1 Å². The Kier molecular flexibility index (Phi) is 2.05. The maximum atomic E-state index is 4.88. The number of hydrogen-bond acceptors (Lipinski definition) is 2. The molecule has 0 N–H and O–H groups in total. The largest absolute Gasteiger partial charge is 0.255 e. The average Bonchev–Trinajstić information content (AvgIpc) is 2.41.